The van der Waals surface area contributed by atoms with Gasteiger partial charge < -0.3 is 9.84 Å². The molecule has 0 aliphatic heterocycles. The molecule has 2 heterocycles. The molecule has 2 aromatic heterocycles. The molecule has 0 saturated carbocycles. The lowest BCUT2D eigenvalue weighted by Crippen LogP contribution is -2.27. The highest BCUT2D eigenvalue weighted by molar-refractivity contribution is 5.92. The van der Waals surface area contributed by atoms with Crippen LogP contribution >= 0.6 is 0 Å². The van der Waals surface area contributed by atoms with Gasteiger partial charge in [0.2, 0.25) is 5.89 Å². The van der Waals surface area contributed by atoms with Crippen molar-refractivity contribution in [2.24, 2.45) is 0 Å². The van der Waals surface area contributed by atoms with Crippen LogP contribution in [0.25, 0.3) is 0 Å². The number of carbonyl (C=O) groups is 1. The molecule has 1 aromatic carbocycles. The zero-order valence-electron chi connectivity index (χ0n) is 12.0. The van der Waals surface area contributed by atoms with Gasteiger partial charge in [-0.05, 0) is 18.6 Å². The van der Waals surface area contributed by atoms with Gasteiger partial charge in [0.05, 0.1) is 12.5 Å². The number of rotatable bonds is 5. The molecule has 3 aromatic rings. The number of aromatic nitrogens is 4. The Kier molecular flexibility index (Phi) is 3.95. The number of nitrogens with zero attached hydrogens (tertiary/aromatic N) is 3. The fourth-order valence-electron chi connectivity index (χ4n) is 2.01. The lowest BCUT2D eigenvalue weighted by molar-refractivity contribution is 0.0933. The van der Waals surface area contributed by atoms with Crippen LogP contribution in [0.4, 0.5) is 0 Å². The van der Waals surface area contributed by atoms with Crippen LogP contribution in [-0.2, 0) is 6.42 Å². The van der Waals surface area contributed by atoms with E-state index in [4.69, 9.17) is 4.52 Å². The van der Waals surface area contributed by atoms with Crippen LogP contribution in [0.1, 0.15) is 40.7 Å². The van der Waals surface area contributed by atoms with E-state index in [9.17, 15) is 4.79 Å². The van der Waals surface area contributed by atoms with Gasteiger partial charge >= 0.3 is 0 Å². The molecule has 0 spiro atoms. The van der Waals surface area contributed by atoms with Gasteiger partial charge in [0.1, 0.15) is 5.69 Å². The summed E-state index contributed by atoms with van der Waals surface area (Å²) in [5.74, 6) is 0.696. The van der Waals surface area contributed by atoms with Gasteiger partial charge in [0.15, 0.2) is 5.82 Å². The highest BCUT2D eigenvalue weighted by Crippen LogP contribution is 2.12. The number of H-pyrrole nitrogens is 1. The Balaban J connectivity index is 1.64. The number of nitrogens with one attached hydrogen (secondary N) is 2. The van der Waals surface area contributed by atoms with Gasteiger partial charge in [0, 0.05) is 6.20 Å². The molecule has 7 heteroatoms. The fourth-order valence-corrected chi connectivity index (χ4v) is 2.01. The highest BCUT2D eigenvalue weighted by Gasteiger charge is 2.17. The van der Waals surface area contributed by atoms with E-state index in [-0.39, 0.29) is 11.9 Å². The Morgan fingerprint density at radius 2 is 2.14 bits per heavy atom. The first-order chi connectivity index (χ1) is 10.7. The van der Waals surface area contributed by atoms with E-state index in [2.05, 4.69) is 25.7 Å². The van der Waals surface area contributed by atoms with Crippen molar-refractivity contribution in [3.05, 3.63) is 65.6 Å². The maximum atomic E-state index is 11.9. The maximum Gasteiger partial charge on any atom is 0.269 e. The summed E-state index contributed by atoms with van der Waals surface area (Å²) in [6.07, 6.45) is 2.08. The molecular weight excluding hydrogens is 282 g/mol. The number of aromatic amines is 1. The lowest BCUT2D eigenvalue weighted by Gasteiger charge is -2.08. The normalized spacial score (nSPS) is 12.0. The molecule has 0 unspecified atom stereocenters. The number of carbonyl (C=O) groups excluding carboxylic acids is 1. The first kappa shape index (κ1) is 14.0. The van der Waals surface area contributed by atoms with Crippen LogP contribution in [0, 0.1) is 0 Å². The molecule has 0 fully saturated rings. The zero-order valence-corrected chi connectivity index (χ0v) is 12.0. The van der Waals surface area contributed by atoms with E-state index < -0.39 is 0 Å². The minimum Gasteiger partial charge on any atom is -0.341 e. The molecule has 112 valence electrons. The van der Waals surface area contributed by atoms with Crippen molar-refractivity contribution >= 4 is 5.91 Å². The third kappa shape index (κ3) is 3.20. The van der Waals surface area contributed by atoms with Crippen LogP contribution in [0.2, 0.25) is 0 Å². The number of benzene rings is 1. The Labute approximate surface area is 126 Å². The Morgan fingerprint density at radius 1 is 1.32 bits per heavy atom. The average molecular weight is 297 g/mol. The van der Waals surface area contributed by atoms with Crippen molar-refractivity contribution in [2.45, 2.75) is 19.4 Å². The molecule has 1 amide bonds. The van der Waals surface area contributed by atoms with Crippen molar-refractivity contribution < 1.29 is 9.32 Å². The molecular formula is C15H15N5O2. The summed E-state index contributed by atoms with van der Waals surface area (Å²) in [6, 6.07) is 11.1. The van der Waals surface area contributed by atoms with Gasteiger partial charge in [-0.3, -0.25) is 9.89 Å². The molecule has 7 nitrogen and oxygen atoms in total. The monoisotopic (exact) mass is 297 g/mol. The van der Waals surface area contributed by atoms with Crippen molar-refractivity contribution in [2.75, 3.05) is 0 Å². The van der Waals surface area contributed by atoms with Crippen LogP contribution < -0.4 is 5.32 Å². The summed E-state index contributed by atoms with van der Waals surface area (Å²) < 4.78 is 5.23. The summed E-state index contributed by atoms with van der Waals surface area (Å²) in [7, 11) is 0. The quantitative estimate of drug-likeness (QED) is 0.749. The summed E-state index contributed by atoms with van der Waals surface area (Å²) in [6.45, 7) is 1.80. The number of amides is 1. The predicted octanol–water partition coefficient (Wildman–Crippen LogP) is 1.87. The second-order valence-electron chi connectivity index (χ2n) is 4.87. The molecule has 0 saturated heterocycles. The van der Waals surface area contributed by atoms with Gasteiger partial charge in [-0.2, -0.15) is 10.1 Å². The van der Waals surface area contributed by atoms with Gasteiger partial charge in [-0.1, -0.05) is 35.5 Å². The summed E-state index contributed by atoms with van der Waals surface area (Å²) in [4.78, 5) is 16.2. The molecule has 3 rings (SSSR count). The largest absolute Gasteiger partial charge is 0.341 e. The smallest absolute Gasteiger partial charge is 0.269 e. The molecule has 0 bridgehead atoms. The van der Waals surface area contributed by atoms with E-state index in [0.29, 0.717) is 23.8 Å². The summed E-state index contributed by atoms with van der Waals surface area (Å²) >= 11 is 0. The summed E-state index contributed by atoms with van der Waals surface area (Å²) in [5.41, 5.74) is 1.48. The standard InChI is InChI=1S/C15H15N5O2/c1-10(17-15(21)12-7-8-16-19-12)14-18-13(22-20-14)9-11-5-3-2-4-6-11/h2-8,10H,9H2,1H3,(H,16,19)(H,17,21)/t10-/m1/s1. The number of hydrogen-bond acceptors (Lipinski definition) is 5. The second kappa shape index (κ2) is 6.21. The highest BCUT2D eigenvalue weighted by atomic mass is 16.5. The van der Waals surface area contributed by atoms with Gasteiger partial charge in [0.25, 0.3) is 5.91 Å². The van der Waals surface area contributed by atoms with Crippen molar-refractivity contribution in [1.82, 2.24) is 25.7 Å². The Hall–Kier alpha value is -2.96. The van der Waals surface area contributed by atoms with Crippen molar-refractivity contribution in [1.29, 1.82) is 0 Å². The molecule has 0 aliphatic rings. The third-order valence-electron chi connectivity index (χ3n) is 3.16. The van der Waals surface area contributed by atoms with Crippen LogP contribution in [0.5, 0.6) is 0 Å². The van der Waals surface area contributed by atoms with E-state index in [1.807, 2.05) is 30.3 Å². The Bertz CT molecular complexity index is 736. The first-order valence-corrected chi connectivity index (χ1v) is 6.89. The van der Waals surface area contributed by atoms with E-state index in [0.717, 1.165) is 5.56 Å². The fraction of sp³-hybridized carbons (Fsp3) is 0.200. The van der Waals surface area contributed by atoms with E-state index >= 15 is 0 Å². The minimum atomic E-state index is -0.357. The van der Waals surface area contributed by atoms with Crippen LogP contribution in [0.3, 0.4) is 0 Å². The number of hydrogen-bond donors (Lipinski definition) is 2. The first-order valence-electron chi connectivity index (χ1n) is 6.89. The Morgan fingerprint density at radius 3 is 2.86 bits per heavy atom. The minimum absolute atomic E-state index is 0.264. The molecule has 0 aliphatic carbocycles. The lowest BCUT2D eigenvalue weighted by atomic mass is 10.1. The molecule has 0 radical (unpaired) electrons. The van der Waals surface area contributed by atoms with Crippen LogP contribution in [-0.4, -0.2) is 26.2 Å². The zero-order chi connectivity index (χ0) is 15.4. The molecule has 22 heavy (non-hydrogen) atoms. The third-order valence-corrected chi connectivity index (χ3v) is 3.16. The average Bonchev–Trinajstić information content (AvgIpc) is 3.19. The molecule has 1 atom stereocenters. The predicted molar refractivity (Wildman–Crippen MR) is 78.0 cm³/mol. The van der Waals surface area contributed by atoms with E-state index in [1.54, 1.807) is 13.0 Å². The van der Waals surface area contributed by atoms with Gasteiger partial charge in [-0.15, -0.1) is 0 Å². The van der Waals surface area contributed by atoms with Gasteiger partial charge in [-0.25, -0.2) is 0 Å². The second-order valence-corrected chi connectivity index (χ2v) is 4.87. The van der Waals surface area contributed by atoms with Crippen molar-refractivity contribution in [3.8, 4) is 0 Å². The molecule has 2 N–H and O–H groups in total. The van der Waals surface area contributed by atoms with Crippen LogP contribution in [0.15, 0.2) is 47.1 Å². The van der Waals surface area contributed by atoms with E-state index in [1.165, 1.54) is 6.20 Å². The van der Waals surface area contributed by atoms with Crippen molar-refractivity contribution in [3.63, 3.8) is 0 Å². The topological polar surface area (TPSA) is 96.7 Å². The summed E-state index contributed by atoms with van der Waals surface area (Å²) in [5, 5.41) is 13.0. The SMILES string of the molecule is C[C@@H](NC(=O)c1ccn[nH]1)c1noc(Cc2ccccc2)n1. The maximum absolute atomic E-state index is 11.9.